The van der Waals surface area contributed by atoms with E-state index < -0.39 is 6.10 Å². The zero-order valence-corrected chi connectivity index (χ0v) is 6.29. The molecule has 0 saturated carbocycles. The normalized spacial score (nSPS) is 25.8. The van der Waals surface area contributed by atoms with Crippen molar-refractivity contribution >= 4 is 5.78 Å². The molecule has 0 unspecified atom stereocenters. The predicted molar refractivity (Wildman–Crippen MR) is 38.6 cm³/mol. The van der Waals surface area contributed by atoms with Gasteiger partial charge in [-0.15, -0.1) is 0 Å². The summed E-state index contributed by atoms with van der Waals surface area (Å²) in [4.78, 5) is 10.8. The quantitative estimate of drug-likeness (QED) is 0.587. The Morgan fingerprint density at radius 3 is 2.50 bits per heavy atom. The van der Waals surface area contributed by atoms with E-state index in [0.29, 0.717) is 12.3 Å². The fraction of sp³-hybridized carbons (Fsp3) is 0.625. The Labute approximate surface area is 60.6 Å². The molecule has 0 aromatic heterocycles. The first-order valence-corrected chi connectivity index (χ1v) is 3.53. The number of aliphatic hydroxyl groups is 1. The standard InChI is InChI=1S/C8H12O2/c1-5(2)6-3-7(9)8(10)4-6/h3,5,8,10H,4H2,1-2H3/t8-/m1/s1. The highest BCUT2D eigenvalue weighted by atomic mass is 16.3. The maximum Gasteiger partial charge on any atom is 0.184 e. The lowest BCUT2D eigenvalue weighted by atomic mass is 10.0. The van der Waals surface area contributed by atoms with Crippen LogP contribution in [0.1, 0.15) is 20.3 Å². The molecule has 0 fully saturated rings. The molecule has 0 aliphatic heterocycles. The Balaban J connectivity index is 2.67. The lowest BCUT2D eigenvalue weighted by Crippen LogP contribution is -2.11. The van der Waals surface area contributed by atoms with Crippen molar-refractivity contribution in [3.8, 4) is 0 Å². The van der Waals surface area contributed by atoms with Crippen LogP contribution in [0.5, 0.6) is 0 Å². The van der Waals surface area contributed by atoms with Gasteiger partial charge in [-0.2, -0.15) is 0 Å². The summed E-state index contributed by atoms with van der Waals surface area (Å²) in [5, 5.41) is 9.02. The third-order valence-electron chi connectivity index (χ3n) is 1.83. The summed E-state index contributed by atoms with van der Waals surface area (Å²) in [6, 6.07) is 0. The molecule has 1 N–H and O–H groups in total. The fourth-order valence-electron chi connectivity index (χ4n) is 1.06. The second-order valence-electron chi connectivity index (χ2n) is 3.00. The lowest BCUT2D eigenvalue weighted by Gasteiger charge is -2.04. The molecule has 1 aliphatic carbocycles. The van der Waals surface area contributed by atoms with Gasteiger partial charge in [0.2, 0.25) is 0 Å². The molecule has 0 bridgehead atoms. The summed E-state index contributed by atoms with van der Waals surface area (Å²) in [5.74, 6) is 0.254. The van der Waals surface area contributed by atoms with Crippen LogP contribution in [-0.4, -0.2) is 17.0 Å². The molecule has 10 heavy (non-hydrogen) atoms. The van der Waals surface area contributed by atoms with Gasteiger partial charge in [-0.1, -0.05) is 19.4 Å². The number of carbonyl (C=O) groups is 1. The minimum Gasteiger partial charge on any atom is -0.385 e. The molecule has 0 aromatic carbocycles. The van der Waals surface area contributed by atoms with E-state index in [0.717, 1.165) is 5.57 Å². The van der Waals surface area contributed by atoms with Crippen LogP contribution in [0.4, 0.5) is 0 Å². The molecule has 0 spiro atoms. The summed E-state index contributed by atoms with van der Waals surface area (Å²) < 4.78 is 0. The highest BCUT2D eigenvalue weighted by Gasteiger charge is 2.23. The minimum absolute atomic E-state index is 0.135. The van der Waals surface area contributed by atoms with Gasteiger partial charge in [0.05, 0.1) is 0 Å². The van der Waals surface area contributed by atoms with E-state index in [2.05, 4.69) is 0 Å². The van der Waals surface area contributed by atoms with Gasteiger partial charge >= 0.3 is 0 Å². The fourth-order valence-corrected chi connectivity index (χ4v) is 1.06. The van der Waals surface area contributed by atoms with E-state index in [4.69, 9.17) is 5.11 Å². The number of hydrogen-bond acceptors (Lipinski definition) is 2. The van der Waals surface area contributed by atoms with Crippen molar-refractivity contribution in [2.75, 3.05) is 0 Å². The van der Waals surface area contributed by atoms with Gasteiger partial charge < -0.3 is 5.11 Å². The topological polar surface area (TPSA) is 37.3 Å². The number of rotatable bonds is 1. The maximum absolute atomic E-state index is 10.8. The molecule has 0 heterocycles. The van der Waals surface area contributed by atoms with Crippen LogP contribution in [0.25, 0.3) is 0 Å². The van der Waals surface area contributed by atoms with Crippen LogP contribution in [0.3, 0.4) is 0 Å². The number of aliphatic hydroxyl groups excluding tert-OH is 1. The highest BCUT2D eigenvalue weighted by Crippen LogP contribution is 2.22. The van der Waals surface area contributed by atoms with E-state index in [-0.39, 0.29) is 5.78 Å². The van der Waals surface area contributed by atoms with E-state index >= 15 is 0 Å². The van der Waals surface area contributed by atoms with Crippen LogP contribution in [0, 0.1) is 5.92 Å². The molecular formula is C8H12O2. The Morgan fingerprint density at radius 1 is 1.70 bits per heavy atom. The molecule has 1 atom stereocenters. The van der Waals surface area contributed by atoms with E-state index in [1.807, 2.05) is 13.8 Å². The van der Waals surface area contributed by atoms with Gasteiger partial charge in [-0.3, -0.25) is 4.79 Å². The molecule has 2 heteroatoms. The Morgan fingerprint density at radius 2 is 2.30 bits per heavy atom. The van der Waals surface area contributed by atoms with Crippen molar-refractivity contribution < 1.29 is 9.90 Å². The van der Waals surface area contributed by atoms with E-state index in [9.17, 15) is 4.79 Å². The van der Waals surface area contributed by atoms with Gasteiger partial charge in [0, 0.05) is 6.42 Å². The molecule has 0 aromatic rings. The Bertz CT molecular complexity index is 180. The van der Waals surface area contributed by atoms with E-state index in [1.165, 1.54) is 0 Å². The summed E-state index contributed by atoms with van der Waals surface area (Å²) in [7, 11) is 0. The van der Waals surface area contributed by atoms with E-state index in [1.54, 1.807) is 6.08 Å². The van der Waals surface area contributed by atoms with Crippen molar-refractivity contribution in [2.45, 2.75) is 26.4 Å². The SMILES string of the molecule is CC(C)C1=CC(=O)[C@H](O)C1. The van der Waals surface area contributed by atoms with Crippen molar-refractivity contribution in [1.29, 1.82) is 0 Å². The molecule has 0 amide bonds. The minimum atomic E-state index is -0.752. The lowest BCUT2D eigenvalue weighted by molar-refractivity contribution is -0.121. The van der Waals surface area contributed by atoms with Crippen molar-refractivity contribution in [2.24, 2.45) is 5.92 Å². The van der Waals surface area contributed by atoms with Crippen LogP contribution in [0.15, 0.2) is 11.6 Å². The molecule has 1 aliphatic rings. The number of carbonyl (C=O) groups excluding carboxylic acids is 1. The largest absolute Gasteiger partial charge is 0.385 e. The zero-order valence-electron chi connectivity index (χ0n) is 6.29. The summed E-state index contributed by atoms with van der Waals surface area (Å²) in [5.41, 5.74) is 1.07. The zero-order chi connectivity index (χ0) is 7.72. The van der Waals surface area contributed by atoms with Gasteiger partial charge in [0.25, 0.3) is 0 Å². The van der Waals surface area contributed by atoms with Crippen molar-refractivity contribution in [3.63, 3.8) is 0 Å². The second-order valence-corrected chi connectivity index (χ2v) is 3.00. The average Bonchev–Trinajstić information content (AvgIpc) is 2.13. The molecular weight excluding hydrogens is 128 g/mol. The van der Waals surface area contributed by atoms with Crippen molar-refractivity contribution in [1.82, 2.24) is 0 Å². The van der Waals surface area contributed by atoms with Gasteiger partial charge in [0.15, 0.2) is 5.78 Å². The Kier molecular flexibility index (Phi) is 1.90. The van der Waals surface area contributed by atoms with Gasteiger partial charge in [-0.05, 0) is 12.0 Å². The van der Waals surface area contributed by atoms with Crippen LogP contribution >= 0.6 is 0 Å². The average molecular weight is 140 g/mol. The van der Waals surface area contributed by atoms with Crippen LogP contribution in [-0.2, 0) is 4.79 Å². The molecule has 0 radical (unpaired) electrons. The third-order valence-corrected chi connectivity index (χ3v) is 1.83. The summed E-state index contributed by atoms with van der Waals surface area (Å²) in [6.45, 7) is 4.05. The summed E-state index contributed by atoms with van der Waals surface area (Å²) >= 11 is 0. The monoisotopic (exact) mass is 140 g/mol. The first-order chi connectivity index (χ1) is 4.61. The molecule has 1 rings (SSSR count). The summed E-state index contributed by atoms with van der Waals surface area (Å²) in [6.07, 6.45) is 1.35. The molecule has 56 valence electrons. The highest BCUT2D eigenvalue weighted by molar-refractivity contribution is 5.96. The Hall–Kier alpha value is -0.630. The van der Waals surface area contributed by atoms with Gasteiger partial charge in [-0.25, -0.2) is 0 Å². The predicted octanol–water partition coefficient (Wildman–Crippen LogP) is 0.903. The smallest absolute Gasteiger partial charge is 0.184 e. The first kappa shape index (κ1) is 7.48. The number of ketones is 1. The second kappa shape index (κ2) is 2.54. The molecule has 2 nitrogen and oxygen atoms in total. The third kappa shape index (κ3) is 1.27. The number of hydrogen-bond donors (Lipinski definition) is 1. The molecule has 0 saturated heterocycles. The van der Waals surface area contributed by atoms with Crippen molar-refractivity contribution in [3.05, 3.63) is 11.6 Å². The first-order valence-electron chi connectivity index (χ1n) is 3.53. The van der Waals surface area contributed by atoms with Gasteiger partial charge in [0.1, 0.15) is 6.10 Å². The van der Waals surface area contributed by atoms with Crippen LogP contribution in [0.2, 0.25) is 0 Å². The van der Waals surface area contributed by atoms with Crippen LogP contribution < -0.4 is 0 Å². The maximum atomic E-state index is 10.8.